The van der Waals surface area contributed by atoms with E-state index in [0.717, 1.165) is 29.7 Å². The molecule has 43 heavy (non-hydrogen) atoms. The summed E-state index contributed by atoms with van der Waals surface area (Å²) in [6.07, 6.45) is 8.07. The maximum atomic E-state index is 13.8. The van der Waals surface area contributed by atoms with Gasteiger partial charge in [-0.15, -0.1) is 0 Å². The highest BCUT2D eigenvalue weighted by Crippen LogP contribution is 2.36. The Morgan fingerprint density at radius 2 is 1.88 bits per heavy atom. The predicted octanol–water partition coefficient (Wildman–Crippen LogP) is 3.62. The van der Waals surface area contributed by atoms with Gasteiger partial charge in [0.1, 0.15) is 11.8 Å². The first-order valence-electron chi connectivity index (χ1n) is 15.4. The van der Waals surface area contributed by atoms with Crippen LogP contribution in [0.3, 0.4) is 0 Å². The molecule has 3 N–H and O–H groups in total. The zero-order valence-electron chi connectivity index (χ0n) is 25.3. The van der Waals surface area contributed by atoms with E-state index in [1.807, 2.05) is 55.5 Å². The van der Waals surface area contributed by atoms with E-state index in [4.69, 9.17) is 9.47 Å². The predicted molar refractivity (Wildman–Crippen MR) is 166 cm³/mol. The third-order valence-electron chi connectivity index (χ3n) is 9.18. The fourth-order valence-corrected chi connectivity index (χ4v) is 6.46. The maximum Gasteiger partial charge on any atom is 0.243 e. The Balaban J connectivity index is 1.31. The van der Waals surface area contributed by atoms with Crippen LogP contribution in [0.4, 0.5) is 5.69 Å². The van der Waals surface area contributed by atoms with Gasteiger partial charge in [0.25, 0.3) is 0 Å². The molecule has 2 aromatic carbocycles. The average Bonchev–Trinajstić information content (AvgIpc) is 3.01. The number of anilines is 1. The fraction of sp³-hybridized carbons (Fsp3) is 0.500. The number of piperidine rings is 1. The number of carbonyl (C=O) groups is 3. The number of ether oxygens (including phenoxy) is 2. The summed E-state index contributed by atoms with van der Waals surface area (Å²) in [5, 5.41) is 9.49. The number of hydrogen-bond donors (Lipinski definition) is 3. The van der Waals surface area contributed by atoms with Crippen LogP contribution in [0.5, 0.6) is 5.75 Å². The summed E-state index contributed by atoms with van der Waals surface area (Å²) in [4.78, 5) is 42.7. The number of carbonyl (C=O) groups excluding carboxylic acids is 3. The molecular formula is C34H44N4O5. The van der Waals surface area contributed by atoms with Gasteiger partial charge in [-0.2, -0.15) is 0 Å². The zero-order chi connectivity index (χ0) is 30.2. The highest BCUT2D eigenvalue weighted by molar-refractivity contribution is 5.93. The summed E-state index contributed by atoms with van der Waals surface area (Å²) < 4.78 is 10.9. The van der Waals surface area contributed by atoms with E-state index in [1.165, 1.54) is 0 Å². The van der Waals surface area contributed by atoms with Crippen molar-refractivity contribution in [2.24, 2.45) is 11.3 Å². The first-order valence-corrected chi connectivity index (χ1v) is 15.4. The summed E-state index contributed by atoms with van der Waals surface area (Å²) in [5.41, 5.74) is 2.13. The molecule has 3 amide bonds. The van der Waals surface area contributed by atoms with E-state index in [0.29, 0.717) is 57.7 Å². The van der Waals surface area contributed by atoms with Gasteiger partial charge in [0.05, 0.1) is 19.1 Å². The van der Waals surface area contributed by atoms with E-state index >= 15 is 0 Å². The first-order chi connectivity index (χ1) is 20.8. The molecule has 2 fully saturated rings. The zero-order valence-corrected chi connectivity index (χ0v) is 25.3. The van der Waals surface area contributed by atoms with Crippen molar-refractivity contribution in [3.05, 3.63) is 71.8 Å². The molecule has 0 bridgehead atoms. The summed E-state index contributed by atoms with van der Waals surface area (Å²) in [6, 6.07) is 14.7. The van der Waals surface area contributed by atoms with E-state index in [9.17, 15) is 14.4 Å². The number of benzene rings is 2. The summed E-state index contributed by atoms with van der Waals surface area (Å²) in [7, 11) is 1.61. The van der Waals surface area contributed by atoms with Gasteiger partial charge in [-0.1, -0.05) is 48.6 Å². The first kappa shape index (κ1) is 30.8. The van der Waals surface area contributed by atoms with Crippen LogP contribution in [0.2, 0.25) is 0 Å². The van der Waals surface area contributed by atoms with Crippen molar-refractivity contribution >= 4 is 23.4 Å². The molecule has 3 atom stereocenters. The molecule has 0 radical (unpaired) electrons. The number of amides is 3. The minimum Gasteiger partial charge on any atom is -0.497 e. The van der Waals surface area contributed by atoms with Gasteiger partial charge in [-0.05, 0) is 62.1 Å². The highest BCUT2D eigenvalue weighted by Gasteiger charge is 2.41. The molecule has 0 aromatic heterocycles. The van der Waals surface area contributed by atoms with Crippen LogP contribution < -0.4 is 20.7 Å². The van der Waals surface area contributed by atoms with Crippen molar-refractivity contribution < 1.29 is 23.9 Å². The third kappa shape index (κ3) is 7.83. The molecule has 2 saturated heterocycles. The topological polar surface area (TPSA) is 109 Å². The standard InChI is InChI=1S/C34H44N4O5/c1-24-11-12-27(42-2)21-29(24)35-31(39)23-38-17-13-28-26(22-38)10-6-7-14-34(15-18-43-19-16-34)33(41)37-30(32(40)36-28)20-25-8-4-3-5-9-25/h3-9,11-12,21,26,28,30H,10,13-20,22-23H2,1-2H3,(H,35,39)(H,36,40)(H,37,41)/t26-,28+,30-/m1/s1. The monoisotopic (exact) mass is 588 g/mol. The molecule has 3 heterocycles. The van der Waals surface area contributed by atoms with Crippen LogP contribution in [0.15, 0.2) is 60.7 Å². The maximum absolute atomic E-state index is 13.8. The number of nitrogens with zero attached hydrogens (tertiary/aromatic N) is 1. The second-order valence-corrected chi connectivity index (χ2v) is 12.1. The van der Waals surface area contributed by atoms with Crippen LogP contribution in [0.1, 0.15) is 43.2 Å². The van der Waals surface area contributed by atoms with Gasteiger partial charge in [-0.25, -0.2) is 0 Å². The number of methoxy groups -OCH3 is 1. The van der Waals surface area contributed by atoms with Gasteiger partial charge < -0.3 is 25.4 Å². The molecule has 0 unspecified atom stereocenters. The van der Waals surface area contributed by atoms with Crippen molar-refractivity contribution in [1.82, 2.24) is 15.5 Å². The Bertz CT molecular complexity index is 1310. The Hall–Kier alpha value is -3.69. The van der Waals surface area contributed by atoms with E-state index in [1.54, 1.807) is 7.11 Å². The van der Waals surface area contributed by atoms with Crippen molar-refractivity contribution in [2.75, 3.05) is 45.3 Å². The smallest absolute Gasteiger partial charge is 0.243 e. The highest BCUT2D eigenvalue weighted by atomic mass is 16.5. The Kier molecular flexibility index (Phi) is 10.1. The number of likely N-dealkylation sites (tertiary alicyclic amines) is 1. The third-order valence-corrected chi connectivity index (χ3v) is 9.18. The Labute approximate surface area is 254 Å². The molecule has 1 spiro atoms. The lowest BCUT2D eigenvalue weighted by molar-refractivity contribution is -0.140. The Morgan fingerprint density at radius 3 is 2.65 bits per heavy atom. The van der Waals surface area contributed by atoms with Crippen LogP contribution >= 0.6 is 0 Å². The summed E-state index contributed by atoms with van der Waals surface area (Å²) in [6.45, 7) is 4.68. The van der Waals surface area contributed by atoms with E-state index in [-0.39, 0.29) is 36.2 Å². The van der Waals surface area contributed by atoms with Crippen LogP contribution in [-0.4, -0.2) is 74.7 Å². The lowest BCUT2D eigenvalue weighted by Crippen LogP contribution is -2.58. The largest absolute Gasteiger partial charge is 0.497 e. The number of nitrogens with one attached hydrogen (secondary N) is 3. The molecular weight excluding hydrogens is 544 g/mol. The molecule has 3 aliphatic heterocycles. The molecule has 230 valence electrons. The second-order valence-electron chi connectivity index (χ2n) is 12.1. The van der Waals surface area contributed by atoms with Gasteiger partial charge in [0, 0.05) is 50.5 Å². The quantitative estimate of drug-likeness (QED) is 0.445. The lowest BCUT2D eigenvalue weighted by atomic mass is 9.75. The van der Waals surface area contributed by atoms with Crippen molar-refractivity contribution in [1.29, 1.82) is 0 Å². The van der Waals surface area contributed by atoms with Crippen LogP contribution in [-0.2, 0) is 25.5 Å². The average molecular weight is 589 g/mol. The normalized spacial score (nSPS) is 24.6. The minimum absolute atomic E-state index is 0.0521. The lowest BCUT2D eigenvalue weighted by Gasteiger charge is -2.40. The molecule has 5 rings (SSSR count). The van der Waals surface area contributed by atoms with E-state index < -0.39 is 11.5 Å². The number of allylic oxidation sites excluding steroid dienone is 2. The number of aryl methyl sites for hydroxylation is 1. The van der Waals surface area contributed by atoms with Crippen molar-refractivity contribution in [2.45, 2.75) is 57.5 Å². The number of hydrogen-bond acceptors (Lipinski definition) is 6. The fourth-order valence-electron chi connectivity index (χ4n) is 6.46. The van der Waals surface area contributed by atoms with Gasteiger partial charge in [0.2, 0.25) is 17.7 Å². The molecule has 0 aliphatic carbocycles. The molecule has 9 nitrogen and oxygen atoms in total. The van der Waals surface area contributed by atoms with Gasteiger partial charge in [-0.3, -0.25) is 19.3 Å². The van der Waals surface area contributed by atoms with Crippen LogP contribution in [0.25, 0.3) is 0 Å². The van der Waals surface area contributed by atoms with Gasteiger partial charge >= 0.3 is 0 Å². The summed E-state index contributed by atoms with van der Waals surface area (Å²) in [5.74, 6) is 0.536. The van der Waals surface area contributed by atoms with E-state index in [2.05, 4.69) is 33.0 Å². The molecule has 9 heteroatoms. The van der Waals surface area contributed by atoms with Crippen molar-refractivity contribution in [3.63, 3.8) is 0 Å². The SMILES string of the molecule is COc1ccc(C)c(NC(=O)CN2CC[C@@H]3NC(=O)[C@@H](Cc4ccccc4)NC(=O)C4(CC=CC[C@@H]3C2)CCOCC4)c1. The molecule has 3 aliphatic rings. The number of rotatable bonds is 6. The Morgan fingerprint density at radius 1 is 1.09 bits per heavy atom. The molecule has 2 aromatic rings. The van der Waals surface area contributed by atoms with Crippen LogP contribution in [0, 0.1) is 18.3 Å². The van der Waals surface area contributed by atoms with Crippen molar-refractivity contribution in [3.8, 4) is 5.75 Å². The second kappa shape index (κ2) is 14.2. The summed E-state index contributed by atoms with van der Waals surface area (Å²) >= 11 is 0. The molecule has 0 saturated carbocycles. The number of fused-ring (bicyclic) bond motifs is 1. The van der Waals surface area contributed by atoms with Gasteiger partial charge in [0.15, 0.2) is 0 Å². The minimum atomic E-state index is -0.673.